The number of nitrogens with zero attached hydrogens (tertiary/aromatic N) is 4. The third-order valence-corrected chi connectivity index (χ3v) is 7.59. The maximum atomic E-state index is 9.47. The van der Waals surface area contributed by atoms with E-state index in [1.807, 2.05) is 19.1 Å². The van der Waals surface area contributed by atoms with E-state index < -0.39 is 0 Å². The summed E-state index contributed by atoms with van der Waals surface area (Å²) in [5, 5.41) is 20.7. The average Bonchev–Trinajstić information content (AvgIpc) is 3.33. The molecule has 0 bridgehead atoms. The fourth-order valence-electron chi connectivity index (χ4n) is 4.54. The number of aryl methyl sites for hydroxylation is 1. The molecule has 4 nitrogen and oxygen atoms in total. The molecule has 3 rings (SSSR count). The maximum absolute atomic E-state index is 9.47. The first kappa shape index (κ1) is 23.5. The van der Waals surface area contributed by atoms with Crippen LogP contribution < -0.4 is 0 Å². The lowest BCUT2D eigenvalue weighted by Gasteiger charge is -2.35. The number of rotatable bonds is 10. The van der Waals surface area contributed by atoms with Crippen molar-refractivity contribution >= 4 is 11.3 Å². The van der Waals surface area contributed by atoms with Crippen LogP contribution in [0.15, 0.2) is 35.7 Å². The van der Waals surface area contributed by atoms with E-state index in [4.69, 9.17) is 5.26 Å². The van der Waals surface area contributed by atoms with Crippen LogP contribution in [0.25, 0.3) is 0 Å². The van der Waals surface area contributed by atoms with Crippen molar-refractivity contribution in [1.29, 1.82) is 10.5 Å². The zero-order valence-corrected chi connectivity index (χ0v) is 19.7. The summed E-state index contributed by atoms with van der Waals surface area (Å²) in [6, 6.07) is 15.2. The monoisotopic (exact) mass is 434 g/mol. The number of thiophene rings is 1. The van der Waals surface area contributed by atoms with Gasteiger partial charge in [-0.05, 0) is 80.3 Å². The summed E-state index contributed by atoms with van der Waals surface area (Å²) in [5.41, 5.74) is 3.25. The van der Waals surface area contributed by atoms with Gasteiger partial charge in [-0.25, -0.2) is 0 Å². The lowest BCUT2D eigenvalue weighted by molar-refractivity contribution is 0.128. The molecule has 1 fully saturated rings. The lowest BCUT2D eigenvalue weighted by Crippen LogP contribution is -2.46. The van der Waals surface area contributed by atoms with Crippen molar-refractivity contribution in [1.82, 2.24) is 9.80 Å². The highest BCUT2D eigenvalue weighted by Gasteiger charge is 2.19. The molecule has 0 radical (unpaired) electrons. The van der Waals surface area contributed by atoms with Gasteiger partial charge >= 0.3 is 0 Å². The van der Waals surface area contributed by atoms with E-state index in [-0.39, 0.29) is 5.92 Å². The Bertz CT molecular complexity index is 885. The lowest BCUT2D eigenvalue weighted by atomic mass is 9.90. The first-order valence-corrected chi connectivity index (χ1v) is 12.4. The standard InChI is InChI=1S/C26H34N4S/c1-3-22(23-8-9-24(19-27)21(2)18-23)6-4-11-29-13-15-30(16-14-29)12-10-25(20-28)26-7-5-17-31-26/h5,7-9,17-18,22,25H,3-4,6,10-16H2,1-2H3. The molecule has 164 valence electrons. The molecule has 2 unspecified atom stereocenters. The minimum absolute atomic E-state index is 0.0369. The molecule has 1 aliphatic rings. The Balaban J connectivity index is 1.37. The molecule has 5 heteroatoms. The van der Waals surface area contributed by atoms with Crippen molar-refractivity contribution < 1.29 is 0 Å². The van der Waals surface area contributed by atoms with Gasteiger partial charge in [0.2, 0.25) is 0 Å². The molecule has 0 saturated carbocycles. The van der Waals surface area contributed by atoms with E-state index in [1.54, 1.807) is 11.3 Å². The van der Waals surface area contributed by atoms with Crippen molar-refractivity contribution in [3.05, 3.63) is 57.3 Å². The summed E-state index contributed by atoms with van der Waals surface area (Å²) in [7, 11) is 0. The van der Waals surface area contributed by atoms with Crippen LogP contribution in [0.2, 0.25) is 0 Å². The van der Waals surface area contributed by atoms with Gasteiger partial charge in [0.1, 0.15) is 0 Å². The molecule has 1 saturated heterocycles. The van der Waals surface area contributed by atoms with E-state index in [1.165, 1.54) is 23.3 Å². The second-order valence-electron chi connectivity index (χ2n) is 8.60. The number of nitriles is 2. The topological polar surface area (TPSA) is 54.1 Å². The van der Waals surface area contributed by atoms with Crippen LogP contribution in [0.5, 0.6) is 0 Å². The van der Waals surface area contributed by atoms with Crippen molar-refractivity contribution in [2.24, 2.45) is 0 Å². The molecule has 2 heterocycles. The van der Waals surface area contributed by atoms with Gasteiger partial charge in [-0.1, -0.05) is 25.1 Å². The molecular formula is C26H34N4S. The highest BCUT2D eigenvalue weighted by atomic mass is 32.1. The number of benzene rings is 1. The molecule has 0 aliphatic carbocycles. The third-order valence-electron chi connectivity index (χ3n) is 6.60. The quantitative estimate of drug-likeness (QED) is 0.494. The second-order valence-corrected chi connectivity index (χ2v) is 9.58. The Labute approximate surface area is 191 Å². The van der Waals surface area contributed by atoms with Crippen molar-refractivity contribution in [2.75, 3.05) is 39.3 Å². The van der Waals surface area contributed by atoms with Crippen LogP contribution in [0.4, 0.5) is 0 Å². The molecule has 2 aromatic rings. The first-order valence-electron chi connectivity index (χ1n) is 11.5. The largest absolute Gasteiger partial charge is 0.301 e. The highest BCUT2D eigenvalue weighted by Crippen LogP contribution is 2.27. The maximum Gasteiger partial charge on any atom is 0.0994 e. The van der Waals surface area contributed by atoms with Crippen LogP contribution in [0, 0.1) is 29.6 Å². The Morgan fingerprint density at radius 3 is 2.35 bits per heavy atom. The summed E-state index contributed by atoms with van der Waals surface area (Å²) < 4.78 is 0. The summed E-state index contributed by atoms with van der Waals surface area (Å²) in [4.78, 5) is 6.31. The van der Waals surface area contributed by atoms with Crippen LogP contribution in [-0.2, 0) is 0 Å². The predicted molar refractivity (Wildman–Crippen MR) is 128 cm³/mol. The van der Waals surface area contributed by atoms with Gasteiger partial charge in [0.15, 0.2) is 0 Å². The fourth-order valence-corrected chi connectivity index (χ4v) is 5.35. The summed E-state index contributed by atoms with van der Waals surface area (Å²) in [6.45, 7) is 10.9. The van der Waals surface area contributed by atoms with Crippen molar-refractivity contribution in [2.45, 2.75) is 51.4 Å². The molecule has 1 aliphatic heterocycles. The van der Waals surface area contributed by atoms with Crippen molar-refractivity contribution in [3.63, 3.8) is 0 Å². The molecule has 1 aromatic heterocycles. The van der Waals surface area contributed by atoms with E-state index >= 15 is 0 Å². The first-order chi connectivity index (χ1) is 15.1. The summed E-state index contributed by atoms with van der Waals surface area (Å²) >= 11 is 1.69. The molecule has 1 aromatic carbocycles. The average molecular weight is 435 g/mol. The smallest absolute Gasteiger partial charge is 0.0994 e. The van der Waals surface area contributed by atoms with Gasteiger partial charge in [0.25, 0.3) is 0 Å². The van der Waals surface area contributed by atoms with E-state index in [9.17, 15) is 5.26 Å². The van der Waals surface area contributed by atoms with Crippen LogP contribution in [0.1, 0.15) is 66.0 Å². The van der Waals surface area contributed by atoms with Gasteiger partial charge in [0.05, 0.1) is 23.6 Å². The van der Waals surface area contributed by atoms with E-state index in [0.717, 1.165) is 63.2 Å². The Morgan fingerprint density at radius 1 is 1.03 bits per heavy atom. The van der Waals surface area contributed by atoms with Crippen LogP contribution >= 0.6 is 11.3 Å². The SMILES string of the molecule is CCC(CCCN1CCN(CCC(C#N)c2cccs2)CC1)c1ccc(C#N)c(C)c1. The van der Waals surface area contributed by atoms with Gasteiger partial charge < -0.3 is 9.80 Å². The van der Waals surface area contributed by atoms with Crippen LogP contribution in [-0.4, -0.2) is 49.1 Å². The summed E-state index contributed by atoms with van der Waals surface area (Å²) in [6.07, 6.45) is 4.49. The van der Waals surface area contributed by atoms with Gasteiger partial charge in [-0.3, -0.25) is 0 Å². The molecule has 31 heavy (non-hydrogen) atoms. The number of hydrogen-bond acceptors (Lipinski definition) is 5. The summed E-state index contributed by atoms with van der Waals surface area (Å²) in [5.74, 6) is 0.614. The Morgan fingerprint density at radius 2 is 1.77 bits per heavy atom. The van der Waals surface area contributed by atoms with Crippen molar-refractivity contribution in [3.8, 4) is 12.1 Å². The fraction of sp³-hybridized carbons (Fsp3) is 0.538. The van der Waals surface area contributed by atoms with Crippen LogP contribution in [0.3, 0.4) is 0 Å². The van der Waals surface area contributed by atoms with E-state index in [2.05, 4.69) is 52.4 Å². The normalized spacial score (nSPS) is 17.0. The minimum Gasteiger partial charge on any atom is -0.301 e. The molecule has 0 amide bonds. The highest BCUT2D eigenvalue weighted by molar-refractivity contribution is 7.10. The second kappa shape index (κ2) is 12.0. The Hall–Kier alpha value is -2.18. The molecular weight excluding hydrogens is 400 g/mol. The van der Waals surface area contributed by atoms with Gasteiger partial charge in [-0.2, -0.15) is 10.5 Å². The van der Waals surface area contributed by atoms with E-state index in [0.29, 0.717) is 5.92 Å². The zero-order chi connectivity index (χ0) is 22.1. The molecule has 2 atom stereocenters. The van der Waals surface area contributed by atoms with Gasteiger partial charge in [-0.15, -0.1) is 11.3 Å². The zero-order valence-electron chi connectivity index (χ0n) is 18.9. The van der Waals surface area contributed by atoms with Gasteiger partial charge in [0, 0.05) is 31.1 Å². The minimum atomic E-state index is 0.0369. The third kappa shape index (κ3) is 6.65. The number of piperazine rings is 1. The number of hydrogen-bond donors (Lipinski definition) is 0. The molecule has 0 N–H and O–H groups in total. The Kier molecular flexibility index (Phi) is 9.10. The predicted octanol–water partition coefficient (Wildman–Crippen LogP) is 5.52. The molecule has 0 spiro atoms.